The molecule has 1 aromatic rings. The lowest BCUT2D eigenvalue weighted by Crippen LogP contribution is -2.27. The van der Waals surface area contributed by atoms with Gasteiger partial charge in [0.25, 0.3) is 0 Å². The molecule has 4 nitrogen and oxygen atoms in total. The quantitative estimate of drug-likeness (QED) is 0.719. The molecule has 16 heavy (non-hydrogen) atoms. The zero-order valence-electron chi connectivity index (χ0n) is 10.00. The molecular formula is C12H17NO3. The number of nitrogens with one attached hydrogen (secondary N) is 1. The van der Waals surface area contributed by atoms with E-state index in [9.17, 15) is 9.90 Å². The number of aromatic hydroxyl groups is 1. The number of amides is 1. The Labute approximate surface area is 95.2 Å². The van der Waals surface area contributed by atoms with Crippen molar-refractivity contribution in [2.45, 2.75) is 33.3 Å². The van der Waals surface area contributed by atoms with E-state index in [1.54, 1.807) is 45.9 Å². The first-order valence-electron chi connectivity index (χ1n) is 5.08. The Hall–Kier alpha value is -1.71. The van der Waals surface area contributed by atoms with Crippen molar-refractivity contribution in [3.8, 4) is 5.75 Å². The third-order valence-electron chi connectivity index (χ3n) is 1.87. The summed E-state index contributed by atoms with van der Waals surface area (Å²) in [6.45, 7) is 7.10. The molecule has 0 spiro atoms. The summed E-state index contributed by atoms with van der Waals surface area (Å²) in [5, 5.41) is 12.2. The van der Waals surface area contributed by atoms with Crippen LogP contribution in [0.2, 0.25) is 0 Å². The number of benzene rings is 1. The Bertz CT molecular complexity index is 394. The van der Waals surface area contributed by atoms with Crippen molar-refractivity contribution in [2.75, 3.05) is 5.32 Å². The molecule has 0 heterocycles. The third kappa shape index (κ3) is 3.46. The van der Waals surface area contributed by atoms with Crippen molar-refractivity contribution in [1.29, 1.82) is 0 Å². The predicted molar refractivity (Wildman–Crippen MR) is 62.7 cm³/mol. The van der Waals surface area contributed by atoms with Crippen molar-refractivity contribution in [1.82, 2.24) is 0 Å². The summed E-state index contributed by atoms with van der Waals surface area (Å²) >= 11 is 0. The number of rotatable bonds is 1. The van der Waals surface area contributed by atoms with Gasteiger partial charge in [-0.25, -0.2) is 4.79 Å². The van der Waals surface area contributed by atoms with Gasteiger partial charge in [0, 0.05) is 0 Å². The van der Waals surface area contributed by atoms with Gasteiger partial charge >= 0.3 is 6.09 Å². The first-order valence-corrected chi connectivity index (χ1v) is 5.08. The maximum absolute atomic E-state index is 11.4. The van der Waals surface area contributed by atoms with Crippen molar-refractivity contribution < 1.29 is 14.6 Å². The highest BCUT2D eigenvalue weighted by Gasteiger charge is 2.17. The number of hydrogen-bond donors (Lipinski definition) is 2. The molecule has 0 bridgehead atoms. The SMILES string of the molecule is Cc1cccc(NC(=O)OC(C)(C)C)c1O. The highest BCUT2D eigenvalue weighted by molar-refractivity contribution is 5.87. The highest BCUT2D eigenvalue weighted by Crippen LogP contribution is 2.26. The fourth-order valence-corrected chi connectivity index (χ4v) is 1.17. The molecule has 88 valence electrons. The highest BCUT2D eigenvalue weighted by atomic mass is 16.6. The number of aryl methyl sites for hydroxylation is 1. The summed E-state index contributed by atoms with van der Waals surface area (Å²) in [5.74, 6) is 0.0633. The summed E-state index contributed by atoms with van der Waals surface area (Å²) in [6.07, 6.45) is -0.576. The van der Waals surface area contributed by atoms with E-state index in [4.69, 9.17) is 4.74 Å². The molecule has 0 aromatic heterocycles. The van der Waals surface area contributed by atoms with Crippen LogP contribution in [0.1, 0.15) is 26.3 Å². The Balaban J connectivity index is 2.74. The number of ether oxygens (including phenoxy) is 1. The largest absolute Gasteiger partial charge is 0.505 e. The van der Waals surface area contributed by atoms with E-state index >= 15 is 0 Å². The lowest BCUT2D eigenvalue weighted by molar-refractivity contribution is 0.0635. The molecule has 0 radical (unpaired) electrons. The second kappa shape index (κ2) is 4.43. The monoisotopic (exact) mass is 223 g/mol. The summed E-state index contributed by atoms with van der Waals surface area (Å²) < 4.78 is 5.08. The first-order chi connectivity index (χ1) is 7.29. The fourth-order valence-electron chi connectivity index (χ4n) is 1.17. The smallest absolute Gasteiger partial charge is 0.412 e. The number of carbonyl (C=O) groups excluding carboxylic acids is 1. The third-order valence-corrected chi connectivity index (χ3v) is 1.87. The van der Waals surface area contributed by atoms with Gasteiger partial charge in [-0.3, -0.25) is 5.32 Å². The van der Waals surface area contributed by atoms with E-state index in [0.717, 1.165) is 0 Å². The summed E-state index contributed by atoms with van der Waals surface area (Å²) in [6, 6.07) is 5.13. The molecule has 0 aliphatic heterocycles. The molecule has 1 rings (SSSR count). The van der Waals surface area contributed by atoms with Crippen LogP contribution in [-0.4, -0.2) is 16.8 Å². The summed E-state index contributed by atoms with van der Waals surface area (Å²) in [4.78, 5) is 11.4. The second-order valence-corrected chi connectivity index (χ2v) is 4.60. The predicted octanol–water partition coefficient (Wildman–Crippen LogP) is 3.05. The molecule has 0 saturated carbocycles. The molecular weight excluding hydrogens is 206 g/mol. The minimum Gasteiger partial charge on any atom is -0.505 e. The van der Waals surface area contributed by atoms with Crippen LogP contribution in [-0.2, 0) is 4.74 Å². The van der Waals surface area contributed by atoms with Crippen molar-refractivity contribution in [3.05, 3.63) is 23.8 Å². The molecule has 1 amide bonds. The number of anilines is 1. The van der Waals surface area contributed by atoms with Gasteiger partial charge in [0.2, 0.25) is 0 Å². The van der Waals surface area contributed by atoms with E-state index in [1.807, 2.05) is 0 Å². The Morgan fingerprint density at radius 3 is 2.56 bits per heavy atom. The molecule has 0 aliphatic carbocycles. The number of carbonyl (C=O) groups is 1. The average Bonchev–Trinajstić information content (AvgIpc) is 2.09. The van der Waals surface area contributed by atoms with Gasteiger partial charge in [0.15, 0.2) is 0 Å². The van der Waals surface area contributed by atoms with E-state index in [0.29, 0.717) is 11.3 Å². The molecule has 0 aliphatic rings. The molecule has 0 saturated heterocycles. The number of hydrogen-bond acceptors (Lipinski definition) is 3. The summed E-state index contributed by atoms with van der Waals surface area (Å²) in [7, 11) is 0. The van der Waals surface area contributed by atoms with Gasteiger partial charge in [-0.2, -0.15) is 0 Å². The Morgan fingerprint density at radius 1 is 1.38 bits per heavy atom. The second-order valence-electron chi connectivity index (χ2n) is 4.60. The molecule has 0 fully saturated rings. The van der Waals surface area contributed by atoms with E-state index in [-0.39, 0.29) is 5.75 Å². The van der Waals surface area contributed by atoms with Crippen LogP contribution in [0.5, 0.6) is 5.75 Å². The standard InChI is InChI=1S/C12H17NO3/c1-8-6-5-7-9(10(8)14)13-11(15)16-12(2,3)4/h5-7,14H,1-4H3,(H,13,15). The minimum absolute atomic E-state index is 0.0633. The number of phenolic OH excluding ortho intramolecular Hbond substituents is 1. The molecule has 0 atom stereocenters. The molecule has 4 heteroatoms. The number of para-hydroxylation sites is 1. The van der Waals surface area contributed by atoms with Gasteiger partial charge in [0.1, 0.15) is 11.4 Å². The number of phenols is 1. The zero-order chi connectivity index (χ0) is 12.3. The van der Waals surface area contributed by atoms with Gasteiger partial charge in [-0.1, -0.05) is 12.1 Å². The molecule has 1 aromatic carbocycles. The van der Waals surface area contributed by atoms with Crippen LogP contribution in [0.4, 0.5) is 10.5 Å². The van der Waals surface area contributed by atoms with Crippen molar-refractivity contribution >= 4 is 11.8 Å². The normalized spacial score (nSPS) is 11.0. The lowest BCUT2D eigenvalue weighted by Gasteiger charge is -2.20. The Kier molecular flexibility index (Phi) is 3.42. The van der Waals surface area contributed by atoms with E-state index < -0.39 is 11.7 Å². The van der Waals surface area contributed by atoms with Crippen LogP contribution in [0.3, 0.4) is 0 Å². The van der Waals surface area contributed by atoms with Gasteiger partial charge < -0.3 is 9.84 Å². The van der Waals surface area contributed by atoms with Gasteiger partial charge in [-0.05, 0) is 39.3 Å². The van der Waals surface area contributed by atoms with Crippen LogP contribution in [0, 0.1) is 6.92 Å². The first kappa shape index (κ1) is 12.4. The maximum Gasteiger partial charge on any atom is 0.412 e. The average molecular weight is 223 g/mol. The molecule has 2 N–H and O–H groups in total. The van der Waals surface area contributed by atoms with Crippen LogP contribution < -0.4 is 5.32 Å². The van der Waals surface area contributed by atoms with Crippen molar-refractivity contribution in [2.24, 2.45) is 0 Å². The van der Waals surface area contributed by atoms with Crippen LogP contribution in [0.15, 0.2) is 18.2 Å². The minimum atomic E-state index is -0.576. The zero-order valence-corrected chi connectivity index (χ0v) is 10.00. The van der Waals surface area contributed by atoms with E-state index in [2.05, 4.69) is 5.32 Å². The van der Waals surface area contributed by atoms with Gasteiger partial charge in [0.05, 0.1) is 5.69 Å². The maximum atomic E-state index is 11.4. The molecule has 0 unspecified atom stereocenters. The van der Waals surface area contributed by atoms with Crippen molar-refractivity contribution in [3.63, 3.8) is 0 Å². The fraction of sp³-hybridized carbons (Fsp3) is 0.417. The topological polar surface area (TPSA) is 58.6 Å². The van der Waals surface area contributed by atoms with Gasteiger partial charge in [-0.15, -0.1) is 0 Å². The summed E-state index contributed by atoms with van der Waals surface area (Å²) in [5.41, 5.74) is 0.506. The van der Waals surface area contributed by atoms with Crippen LogP contribution in [0.25, 0.3) is 0 Å². The Morgan fingerprint density at radius 2 is 2.00 bits per heavy atom. The lowest BCUT2D eigenvalue weighted by atomic mass is 10.2. The van der Waals surface area contributed by atoms with E-state index in [1.165, 1.54) is 0 Å². The van der Waals surface area contributed by atoms with Crippen LogP contribution >= 0.6 is 0 Å².